The molecule has 132 valence electrons. The van der Waals surface area contributed by atoms with E-state index in [1.54, 1.807) is 0 Å². The second-order valence-corrected chi connectivity index (χ2v) is 7.84. The summed E-state index contributed by atoms with van der Waals surface area (Å²) in [5.41, 5.74) is 0.988. The Hall–Kier alpha value is -1.29. The summed E-state index contributed by atoms with van der Waals surface area (Å²) < 4.78 is 0. The summed E-state index contributed by atoms with van der Waals surface area (Å²) in [6, 6.07) is 13.7. The molecule has 4 unspecified atom stereocenters. The van der Waals surface area contributed by atoms with Crippen LogP contribution in [0.4, 0.5) is 0 Å². The van der Waals surface area contributed by atoms with Crippen molar-refractivity contribution in [1.29, 1.82) is 5.26 Å². The molecule has 1 aromatic carbocycles. The van der Waals surface area contributed by atoms with Crippen LogP contribution in [0.25, 0.3) is 0 Å². The monoisotopic (exact) mass is 325 g/mol. The first kappa shape index (κ1) is 19.0. The van der Waals surface area contributed by atoms with E-state index >= 15 is 0 Å². The van der Waals surface area contributed by atoms with Crippen molar-refractivity contribution in [2.75, 3.05) is 0 Å². The third-order valence-electron chi connectivity index (χ3n) is 6.32. The average Bonchev–Trinajstić information content (AvgIpc) is 3.04. The highest BCUT2D eigenvalue weighted by Crippen LogP contribution is 2.51. The maximum Gasteiger partial charge on any atom is 0.0880 e. The van der Waals surface area contributed by atoms with Gasteiger partial charge in [0.15, 0.2) is 0 Å². The molecule has 4 atom stereocenters. The molecule has 24 heavy (non-hydrogen) atoms. The first-order valence-electron chi connectivity index (χ1n) is 10.2. The van der Waals surface area contributed by atoms with Crippen LogP contribution in [0, 0.1) is 29.1 Å². The van der Waals surface area contributed by atoms with Crippen molar-refractivity contribution in [1.82, 2.24) is 0 Å². The summed E-state index contributed by atoms with van der Waals surface area (Å²) in [5.74, 6) is 1.67. The maximum atomic E-state index is 10.5. The zero-order valence-electron chi connectivity index (χ0n) is 15.9. The molecule has 1 heteroatoms. The maximum absolute atomic E-state index is 10.5. The van der Waals surface area contributed by atoms with Crippen LogP contribution >= 0.6 is 0 Å². The summed E-state index contributed by atoms with van der Waals surface area (Å²) >= 11 is 0. The Morgan fingerprint density at radius 3 is 2.38 bits per heavy atom. The number of nitriles is 1. The molecule has 1 aliphatic rings. The fourth-order valence-corrected chi connectivity index (χ4v) is 5.12. The van der Waals surface area contributed by atoms with E-state index in [0.29, 0.717) is 17.8 Å². The van der Waals surface area contributed by atoms with Gasteiger partial charge in [0.05, 0.1) is 11.5 Å². The van der Waals surface area contributed by atoms with Crippen LogP contribution in [-0.2, 0) is 5.41 Å². The molecule has 0 heterocycles. The number of hydrogen-bond donors (Lipinski definition) is 0. The normalized spacial score (nSPS) is 24.2. The molecule has 0 radical (unpaired) electrons. The van der Waals surface area contributed by atoms with Crippen LogP contribution in [-0.4, -0.2) is 0 Å². The van der Waals surface area contributed by atoms with E-state index in [1.165, 1.54) is 63.4 Å². The first-order chi connectivity index (χ1) is 11.7. The minimum atomic E-state index is -0.291. The van der Waals surface area contributed by atoms with Gasteiger partial charge in [-0.05, 0) is 42.6 Å². The number of nitrogens with zero attached hydrogens (tertiary/aromatic N) is 1. The minimum absolute atomic E-state index is 0.291. The second-order valence-electron chi connectivity index (χ2n) is 7.84. The van der Waals surface area contributed by atoms with Crippen LogP contribution in [0.2, 0.25) is 0 Å². The van der Waals surface area contributed by atoms with E-state index in [0.717, 1.165) is 0 Å². The van der Waals surface area contributed by atoms with Crippen molar-refractivity contribution in [3.8, 4) is 6.07 Å². The molecule has 0 spiro atoms. The SMILES string of the molecule is CCCCCC(CCC)C(C#N)(c1ccccc1)C1CCCC1C. The van der Waals surface area contributed by atoms with Crippen LogP contribution < -0.4 is 0 Å². The zero-order chi connectivity index (χ0) is 17.4. The predicted molar refractivity (Wildman–Crippen MR) is 103 cm³/mol. The summed E-state index contributed by atoms with van der Waals surface area (Å²) in [5, 5.41) is 10.5. The Labute approximate surface area is 149 Å². The van der Waals surface area contributed by atoms with Gasteiger partial charge < -0.3 is 0 Å². The van der Waals surface area contributed by atoms with E-state index in [4.69, 9.17) is 0 Å². The van der Waals surface area contributed by atoms with Gasteiger partial charge in [-0.2, -0.15) is 5.26 Å². The van der Waals surface area contributed by atoms with Gasteiger partial charge in [0.1, 0.15) is 0 Å². The van der Waals surface area contributed by atoms with Gasteiger partial charge in [-0.3, -0.25) is 0 Å². The van der Waals surface area contributed by atoms with Gasteiger partial charge >= 0.3 is 0 Å². The molecule has 1 saturated carbocycles. The lowest BCUT2D eigenvalue weighted by Crippen LogP contribution is -2.42. The molecule has 0 N–H and O–H groups in total. The zero-order valence-corrected chi connectivity index (χ0v) is 15.9. The van der Waals surface area contributed by atoms with Crippen molar-refractivity contribution in [2.45, 2.75) is 84.0 Å². The largest absolute Gasteiger partial charge is 0.197 e. The summed E-state index contributed by atoms with van der Waals surface area (Å²) in [6.07, 6.45) is 11.2. The van der Waals surface area contributed by atoms with Gasteiger partial charge in [0.2, 0.25) is 0 Å². The lowest BCUT2D eigenvalue weighted by Gasteiger charge is -2.42. The van der Waals surface area contributed by atoms with E-state index in [2.05, 4.69) is 57.2 Å². The van der Waals surface area contributed by atoms with Crippen LogP contribution in [0.1, 0.15) is 84.1 Å². The van der Waals surface area contributed by atoms with E-state index in [1.807, 2.05) is 0 Å². The Bertz CT molecular complexity index is 515. The molecule has 1 fully saturated rings. The summed E-state index contributed by atoms with van der Waals surface area (Å²) in [7, 11) is 0. The van der Waals surface area contributed by atoms with Crippen LogP contribution in [0.5, 0.6) is 0 Å². The van der Waals surface area contributed by atoms with Crippen molar-refractivity contribution >= 4 is 0 Å². The van der Waals surface area contributed by atoms with Gasteiger partial charge in [-0.15, -0.1) is 0 Å². The number of unbranched alkanes of at least 4 members (excludes halogenated alkanes) is 2. The molecule has 0 aliphatic heterocycles. The lowest BCUT2D eigenvalue weighted by molar-refractivity contribution is 0.172. The van der Waals surface area contributed by atoms with Crippen molar-refractivity contribution in [2.24, 2.45) is 17.8 Å². The van der Waals surface area contributed by atoms with Gasteiger partial charge in [0.25, 0.3) is 0 Å². The third-order valence-corrected chi connectivity index (χ3v) is 6.32. The van der Waals surface area contributed by atoms with Crippen molar-refractivity contribution in [3.05, 3.63) is 35.9 Å². The molecule has 0 amide bonds. The Balaban J connectivity index is 2.44. The van der Waals surface area contributed by atoms with E-state index < -0.39 is 0 Å². The van der Waals surface area contributed by atoms with Gasteiger partial charge in [-0.25, -0.2) is 0 Å². The minimum Gasteiger partial charge on any atom is -0.197 e. The Kier molecular flexibility index (Phi) is 7.35. The number of hydrogen-bond acceptors (Lipinski definition) is 1. The number of benzene rings is 1. The van der Waals surface area contributed by atoms with Crippen molar-refractivity contribution in [3.63, 3.8) is 0 Å². The Morgan fingerprint density at radius 2 is 1.83 bits per heavy atom. The molecular weight excluding hydrogens is 290 g/mol. The molecule has 0 aromatic heterocycles. The second kappa shape index (κ2) is 9.26. The van der Waals surface area contributed by atoms with Gasteiger partial charge in [-0.1, -0.05) is 89.6 Å². The number of rotatable bonds is 9. The smallest absolute Gasteiger partial charge is 0.0880 e. The molecule has 2 rings (SSSR count). The van der Waals surface area contributed by atoms with Crippen LogP contribution in [0.3, 0.4) is 0 Å². The lowest BCUT2D eigenvalue weighted by atomic mass is 9.58. The summed E-state index contributed by atoms with van der Waals surface area (Å²) in [6.45, 7) is 6.92. The molecule has 1 nitrogen and oxygen atoms in total. The standard InChI is InChI=1S/C23H35N/c1-4-6-8-14-20(12-5-2)23(18-24,21-15-9-7-10-16-21)22-17-11-13-19(22)3/h7,9-10,15-16,19-20,22H,4-6,8,11-14,17H2,1-3H3. The van der Waals surface area contributed by atoms with Crippen molar-refractivity contribution < 1.29 is 0 Å². The fourth-order valence-electron chi connectivity index (χ4n) is 5.12. The molecule has 1 aliphatic carbocycles. The molecule has 1 aromatic rings. The Morgan fingerprint density at radius 1 is 1.08 bits per heavy atom. The van der Waals surface area contributed by atoms with E-state index in [-0.39, 0.29) is 5.41 Å². The molecule has 0 bridgehead atoms. The highest BCUT2D eigenvalue weighted by Gasteiger charge is 2.49. The first-order valence-corrected chi connectivity index (χ1v) is 10.2. The molecular formula is C23H35N. The predicted octanol–water partition coefficient (Wildman–Crippen LogP) is 6.88. The molecule has 0 saturated heterocycles. The highest BCUT2D eigenvalue weighted by molar-refractivity contribution is 5.36. The topological polar surface area (TPSA) is 23.8 Å². The highest BCUT2D eigenvalue weighted by atomic mass is 14.5. The summed E-state index contributed by atoms with van der Waals surface area (Å²) in [4.78, 5) is 0. The van der Waals surface area contributed by atoms with Crippen LogP contribution in [0.15, 0.2) is 30.3 Å². The fraction of sp³-hybridized carbons (Fsp3) is 0.696. The van der Waals surface area contributed by atoms with E-state index in [9.17, 15) is 5.26 Å². The third kappa shape index (κ3) is 3.85. The average molecular weight is 326 g/mol. The van der Waals surface area contributed by atoms with Gasteiger partial charge in [0, 0.05) is 0 Å². The quantitative estimate of drug-likeness (QED) is 0.454.